The summed E-state index contributed by atoms with van der Waals surface area (Å²) in [5, 5.41) is 10.2. The first-order valence-corrected chi connectivity index (χ1v) is 7.66. The monoisotopic (exact) mass is 285 g/mol. The van der Waals surface area contributed by atoms with Crippen LogP contribution in [0.3, 0.4) is 0 Å². The topological polar surface area (TPSA) is 41.3 Å². The van der Waals surface area contributed by atoms with Crippen molar-refractivity contribution < 1.29 is 5.11 Å². The molecule has 1 aliphatic rings. The van der Waals surface area contributed by atoms with Gasteiger partial charge in [-0.3, -0.25) is 0 Å². The number of aliphatic hydroxyl groups excluding tert-OH is 1. The zero-order valence-electron chi connectivity index (χ0n) is 12.5. The zero-order valence-corrected chi connectivity index (χ0v) is 12.5. The van der Waals surface area contributed by atoms with Gasteiger partial charge >= 0.3 is 0 Å². The predicted octanol–water partition coefficient (Wildman–Crippen LogP) is 2.33. The number of hydrogen-bond donors (Lipinski definition) is 1. The molecule has 1 fully saturated rings. The van der Waals surface area contributed by atoms with E-state index in [2.05, 4.69) is 21.5 Å². The highest BCUT2D eigenvalue weighted by molar-refractivity contribution is 5.17. The quantitative estimate of drug-likeness (QED) is 0.916. The van der Waals surface area contributed by atoms with E-state index in [1.54, 1.807) is 0 Å². The lowest BCUT2D eigenvalue weighted by Crippen LogP contribution is -2.23. The van der Waals surface area contributed by atoms with Crippen LogP contribution in [0.5, 0.6) is 0 Å². The molecule has 0 bridgehead atoms. The molecule has 1 aliphatic heterocycles. The Labute approximate surface area is 126 Å². The van der Waals surface area contributed by atoms with Crippen LogP contribution in [0.4, 0.5) is 0 Å². The summed E-state index contributed by atoms with van der Waals surface area (Å²) in [5.41, 5.74) is 1.01. The Kier molecular flexibility index (Phi) is 4.36. The van der Waals surface area contributed by atoms with Gasteiger partial charge in [-0.1, -0.05) is 30.3 Å². The van der Waals surface area contributed by atoms with E-state index < -0.39 is 0 Å². The molecule has 4 heteroatoms. The maximum atomic E-state index is 10.2. The van der Waals surface area contributed by atoms with Gasteiger partial charge in [0.15, 0.2) is 0 Å². The molecule has 21 heavy (non-hydrogen) atoms. The van der Waals surface area contributed by atoms with Crippen molar-refractivity contribution in [2.75, 3.05) is 19.6 Å². The molecular weight excluding hydrogens is 262 g/mol. The number of aromatic nitrogens is 2. The summed E-state index contributed by atoms with van der Waals surface area (Å²) >= 11 is 0. The molecule has 0 aliphatic carbocycles. The van der Waals surface area contributed by atoms with E-state index in [9.17, 15) is 5.11 Å². The molecule has 2 aromatic rings. The van der Waals surface area contributed by atoms with Crippen LogP contribution in [0, 0.1) is 0 Å². The van der Waals surface area contributed by atoms with Crippen molar-refractivity contribution in [1.29, 1.82) is 0 Å². The average molecular weight is 285 g/mol. The fourth-order valence-corrected chi connectivity index (χ4v) is 3.16. The minimum absolute atomic E-state index is 0.363. The number of rotatable bonds is 5. The van der Waals surface area contributed by atoms with Crippen molar-refractivity contribution in [3.8, 4) is 0 Å². The summed E-state index contributed by atoms with van der Waals surface area (Å²) in [5.74, 6) is 1.71. The Morgan fingerprint density at radius 3 is 2.86 bits per heavy atom. The lowest BCUT2D eigenvalue weighted by molar-refractivity contribution is 0.148. The number of nitrogens with zero attached hydrogens (tertiary/aromatic N) is 3. The van der Waals surface area contributed by atoms with Crippen LogP contribution in [0.25, 0.3) is 0 Å². The standard InChI is InChI=1S/C17H23N3O/c1-19-12-9-18-17(19)15-7-10-20(13-15)11-8-16(21)14-5-3-2-4-6-14/h2-6,9,12,15-16,21H,7-8,10-11,13H2,1H3/t15?,16-/m1/s1. The minimum atomic E-state index is -0.363. The molecule has 3 rings (SSSR count). The van der Waals surface area contributed by atoms with E-state index in [1.807, 2.05) is 42.7 Å². The summed E-state index contributed by atoms with van der Waals surface area (Å²) in [6, 6.07) is 9.92. The fraction of sp³-hybridized carbons (Fsp3) is 0.471. The van der Waals surface area contributed by atoms with Crippen molar-refractivity contribution in [2.24, 2.45) is 7.05 Å². The maximum absolute atomic E-state index is 10.2. The Hall–Kier alpha value is -1.65. The maximum Gasteiger partial charge on any atom is 0.112 e. The Bertz CT molecular complexity index is 566. The number of aliphatic hydroxyl groups is 1. The van der Waals surface area contributed by atoms with Gasteiger partial charge in [-0.2, -0.15) is 0 Å². The number of likely N-dealkylation sites (tertiary alicyclic amines) is 1. The van der Waals surface area contributed by atoms with Crippen molar-refractivity contribution in [1.82, 2.24) is 14.5 Å². The average Bonchev–Trinajstić information content (AvgIpc) is 3.14. The van der Waals surface area contributed by atoms with E-state index in [1.165, 1.54) is 5.82 Å². The first-order valence-electron chi connectivity index (χ1n) is 7.66. The van der Waals surface area contributed by atoms with Crippen LogP contribution >= 0.6 is 0 Å². The lowest BCUT2D eigenvalue weighted by Gasteiger charge is -2.18. The van der Waals surface area contributed by atoms with E-state index >= 15 is 0 Å². The van der Waals surface area contributed by atoms with Crippen LogP contribution in [-0.4, -0.2) is 39.2 Å². The highest BCUT2D eigenvalue weighted by Gasteiger charge is 2.26. The molecule has 0 amide bonds. The summed E-state index contributed by atoms with van der Waals surface area (Å²) < 4.78 is 2.12. The molecule has 0 spiro atoms. The van der Waals surface area contributed by atoms with Gasteiger partial charge in [0.2, 0.25) is 0 Å². The number of aryl methyl sites for hydroxylation is 1. The molecule has 1 aromatic heterocycles. The molecule has 2 atom stereocenters. The molecule has 1 N–H and O–H groups in total. The van der Waals surface area contributed by atoms with E-state index in [0.717, 1.165) is 38.0 Å². The fourth-order valence-electron chi connectivity index (χ4n) is 3.16. The molecule has 4 nitrogen and oxygen atoms in total. The Morgan fingerprint density at radius 2 is 2.14 bits per heavy atom. The first kappa shape index (κ1) is 14.3. The molecule has 1 saturated heterocycles. The summed E-state index contributed by atoms with van der Waals surface area (Å²) in [7, 11) is 2.06. The van der Waals surface area contributed by atoms with Gasteiger partial charge in [0, 0.05) is 38.4 Å². The van der Waals surface area contributed by atoms with Crippen molar-refractivity contribution in [3.63, 3.8) is 0 Å². The van der Waals surface area contributed by atoms with Crippen molar-refractivity contribution in [2.45, 2.75) is 24.9 Å². The van der Waals surface area contributed by atoms with Crippen LogP contribution in [0.15, 0.2) is 42.7 Å². The molecule has 2 heterocycles. The smallest absolute Gasteiger partial charge is 0.112 e. The highest BCUT2D eigenvalue weighted by Crippen LogP contribution is 2.26. The van der Waals surface area contributed by atoms with Gasteiger partial charge in [-0.05, 0) is 24.9 Å². The van der Waals surface area contributed by atoms with E-state index in [-0.39, 0.29) is 6.10 Å². The molecule has 1 aromatic carbocycles. The molecule has 0 radical (unpaired) electrons. The molecule has 1 unspecified atom stereocenters. The van der Waals surface area contributed by atoms with Crippen LogP contribution in [0.2, 0.25) is 0 Å². The largest absolute Gasteiger partial charge is 0.388 e. The Balaban J connectivity index is 1.50. The van der Waals surface area contributed by atoms with Crippen LogP contribution in [0.1, 0.15) is 36.3 Å². The van der Waals surface area contributed by atoms with Gasteiger partial charge in [0.25, 0.3) is 0 Å². The molecule has 112 valence electrons. The van der Waals surface area contributed by atoms with Crippen LogP contribution in [-0.2, 0) is 7.05 Å². The highest BCUT2D eigenvalue weighted by atomic mass is 16.3. The second kappa shape index (κ2) is 6.41. The minimum Gasteiger partial charge on any atom is -0.388 e. The van der Waals surface area contributed by atoms with Gasteiger partial charge in [-0.25, -0.2) is 4.98 Å². The lowest BCUT2D eigenvalue weighted by atomic mass is 10.1. The summed E-state index contributed by atoms with van der Waals surface area (Å²) in [6.45, 7) is 3.09. The van der Waals surface area contributed by atoms with Gasteiger partial charge in [-0.15, -0.1) is 0 Å². The van der Waals surface area contributed by atoms with Gasteiger partial charge in [0.1, 0.15) is 5.82 Å². The van der Waals surface area contributed by atoms with Crippen molar-refractivity contribution >= 4 is 0 Å². The second-order valence-corrected chi connectivity index (χ2v) is 5.90. The van der Waals surface area contributed by atoms with Gasteiger partial charge in [0.05, 0.1) is 6.10 Å². The third-order valence-electron chi connectivity index (χ3n) is 4.40. The van der Waals surface area contributed by atoms with Gasteiger partial charge < -0.3 is 14.6 Å². The third kappa shape index (κ3) is 3.34. The number of benzene rings is 1. The second-order valence-electron chi connectivity index (χ2n) is 5.90. The normalized spacial score (nSPS) is 20.8. The van der Waals surface area contributed by atoms with Crippen LogP contribution < -0.4 is 0 Å². The van der Waals surface area contributed by atoms with Crippen molar-refractivity contribution in [3.05, 3.63) is 54.1 Å². The third-order valence-corrected chi connectivity index (χ3v) is 4.40. The number of hydrogen-bond acceptors (Lipinski definition) is 3. The summed E-state index contributed by atoms with van der Waals surface area (Å²) in [4.78, 5) is 6.90. The number of imidazole rings is 1. The molecule has 0 saturated carbocycles. The van der Waals surface area contributed by atoms with E-state index in [4.69, 9.17) is 0 Å². The summed E-state index contributed by atoms with van der Waals surface area (Å²) in [6.07, 6.45) is 5.47. The SMILES string of the molecule is Cn1ccnc1C1CCN(CC[C@@H](O)c2ccccc2)C1. The zero-order chi connectivity index (χ0) is 14.7. The predicted molar refractivity (Wildman–Crippen MR) is 83.0 cm³/mol. The Morgan fingerprint density at radius 1 is 1.33 bits per heavy atom. The molecular formula is C17H23N3O. The first-order chi connectivity index (χ1) is 10.2. The van der Waals surface area contributed by atoms with E-state index in [0.29, 0.717) is 5.92 Å².